The summed E-state index contributed by atoms with van der Waals surface area (Å²) in [5, 5.41) is 5.23. The third kappa shape index (κ3) is 7.05. The maximum absolute atomic E-state index is 14.1. The molecule has 2 aromatic rings. The molecule has 35 heavy (non-hydrogen) atoms. The Bertz CT molecular complexity index is 1060. The Labute approximate surface area is 205 Å². The van der Waals surface area contributed by atoms with E-state index in [0.29, 0.717) is 6.54 Å². The summed E-state index contributed by atoms with van der Waals surface area (Å²) >= 11 is 0.725. The Morgan fingerprint density at radius 1 is 1.17 bits per heavy atom. The van der Waals surface area contributed by atoms with Crippen molar-refractivity contribution < 1.29 is 27.5 Å². The molecule has 1 saturated heterocycles. The molecule has 0 bridgehead atoms. The van der Waals surface area contributed by atoms with Gasteiger partial charge < -0.3 is 25.6 Å². The Hall–Kier alpha value is -2.90. The Balaban J connectivity index is 1.50. The van der Waals surface area contributed by atoms with Gasteiger partial charge in [0, 0.05) is 32.7 Å². The van der Waals surface area contributed by atoms with Gasteiger partial charge in [-0.2, -0.15) is 4.37 Å². The highest BCUT2D eigenvalue weighted by Gasteiger charge is 2.24. The second-order valence-corrected chi connectivity index (χ2v) is 9.13. The number of carbonyl (C=O) groups is 2. The second kappa shape index (κ2) is 12.2. The number of aryl methyl sites for hydroxylation is 1. The number of ether oxygens (including phenoxy) is 1. The minimum atomic E-state index is -1.39. The molecule has 0 unspecified atom stereocenters. The average molecular weight is 515 g/mol. The number of carbonyl (C=O) groups excluding carboxylic acids is 2. The average Bonchev–Trinajstić information content (AvgIpc) is 3.21. The van der Waals surface area contributed by atoms with Crippen LogP contribution in [0.2, 0.25) is 0 Å². The number of halogens is 3. The fourth-order valence-corrected chi connectivity index (χ4v) is 4.32. The number of hydrogen-bond acceptors (Lipinski definition) is 7. The molecule has 1 aliphatic heterocycles. The van der Waals surface area contributed by atoms with E-state index < -0.39 is 41.6 Å². The molecule has 192 valence electrons. The molecule has 2 heterocycles. The summed E-state index contributed by atoms with van der Waals surface area (Å²) in [6.45, 7) is 6.08. The first kappa shape index (κ1) is 26.7. The number of piperazine rings is 1. The van der Waals surface area contributed by atoms with E-state index in [4.69, 9.17) is 10.5 Å². The number of hydrogen-bond donors (Lipinski definition) is 3. The number of anilines is 1. The number of nitrogens with one attached hydrogen (secondary N) is 2. The van der Waals surface area contributed by atoms with Crippen molar-refractivity contribution in [3.05, 3.63) is 40.2 Å². The van der Waals surface area contributed by atoms with Crippen LogP contribution in [0.5, 0.6) is 5.88 Å². The lowest BCUT2D eigenvalue weighted by molar-refractivity contribution is 0.0996. The molecule has 3 rings (SSSR count). The van der Waals surface area contributed by atoms with E-state index in [0.717, 1.165) is 63.2 Å². The van der Waals surface area contributed by atoms with Crippen molar-refractivity contribution in [1.82, 2.24) is 19.5 Å². The molecule has 1 aromatic heterocycles. The minimum Gasteiger partial charge on any atom is -0.471 e. The molecule has 1 aromatic carbocycles. The lowest BCUT2D eigenvalue weighted by atomic mass is 10.1. The number of nitrogens with two attached hydrogens (primary N) is 1. The van der Waals surface area contributed by atoms with Gasteiger partial charge in [-0.25, -0.2) is 18.0 Å². The van der Waals surface area contributed by atoms with E-state index >= 15 is 0 Å². The van der Waals surface area contributed by atoms with Gasteiger partial charge in [0.25, 0.3) is 5.91 Å². The normalized spacial score (nSPS) is 14.7. The summed E-state index contributed by atoms with van der Waals surface area (Å²) in [7, 11) is 2.10. The quantitative estimate of drug-likeness (QED) is 0.332. The van der Waals surface area contributed by atoms with E-state index in [1.807, 2.05) is 0 Å². The first-order valence-electron chi connectivity index (χ1n) is 11.2. The number of nitrogens with zero attached hydrogens (tertiary/aromatic N) is 3. The van der Waals surface area contributed by atoms with Gasteiger partial charge in [-0.1, -0.05) is 0 Å². The second-order valence-electron chi connectivity index (χ2n) is 8.36. The smallest absolute Gasteiger partial charge is 0.319 e. The van der Waals surface area contributed by atoms with Crippen LogP contribution in [0.15, 0.2) is 6.07 Å². The molecule has 0 aliphatic carbocycles. The summed E-state index contributed by atoms with van der Waals surface area (Å²) < 4.78 is 51.1. The van der Waals surface area contributed by atoms with Crippen LogP contribution in [0.3, 0.4) is 0 Å². The SMILES string of the molecule is Cc1cc(F)c(COc2nsc(NC(=O)NCCCCN3CCN(C)CC3)c2C(N)=O)c(F)c1F. The summed E-state index contributed by atoms with van der Waals surface area (Å²) in [4.78, 5) is 28.8. The van der Waals surface area contributed by atoms with Crippen molar-refractivity contribution in [3.8, 4) is 5.88 Å². The van der Waals surface area contributed by atoms with Crippen molar-refractivity contribution in [2.75, 3.05) is 51.6 Å². The molecule has 3 amide bonds. The van der Waals surface area contributed by atoms with Crippen molar-refractivity contribution >= 4 is 28.5 Å². The highest BCUT2D eigenvalue weighted by molar-refractivity contribution is 7.11. The number of aromatic nitrogens is 1. The maximum Gasteiger partial charge on any atom is 0.319 e. The first-order chi connectivity index (χ1) is 16.7. The minimum absolute atomic E-state index is 0.0264. The van der Waals surface area contributed by atoms with Gasteiger partial charge in [0.2, 0.25) is 5.88 Å². The van der Waals surface area contributed by atoms with Gasteiger partial charge in [-0.3, -0.25) is 10.1 Å². The first-order valence-corrected chi connectivity index (χ1v) is 12.0. The zero-order valence-electron chi connectivity index (χ0n) is 19.6. The van der Waals surface area contributed by atoms with Crippen LogP contribution in [-0.2, 0) is 6.61 Å². The van der Waals surface area contributed by atoms with Crippen molar-refractivity contribution in [1.29, 1.82) is 0 Å². The largest absolute Gasteiger partial charge is 0.471 e. The van der Waals surface area contributed by atoms with E-state index in [2.05, 4.69) is 31.9 Å². The van der Waals surface area contributed by atoms with Crippen LogP contribution in [-0.4, -0.2) is 72.4 Å². The molecule has 1 fully saturated rings. The fraction of sp³-hybridized carbons (Fsp3) is 0.500. The van der Waals surface area contributed by atoms with Crippen LogP contribution in [0.25, 0.3) is 0 Å². The molecule has 4 N–H and O–H groups in total. The predicted molar refractivity (Wildman–Crippen MR) is 126 cm³/mol. The number of benzene rings is 1. The Morgan fingerprint density at radius 3 is 2.57 bits per heavy atom. The topological polar surface area (TPSA) is 113 Å². The van der Waals surface area contributed by atoms with Crippen LogP contribution < -0.4 is 21.1 Å². The third-order valence-corrected chi connectivity index (χ3v) is 6.45. The van der Waals surface area contributed by atoms with Crippen LogP contribution in [0.1, 0.15) is 34.3 Å². The lowest BCUT2D eigenvalue weighted by Gasteiger charge is -2.32. The van der Waals surface area contributed by atoms with Gasteiger partial charge >= 0.3 is 6.03 Å². The highest BCUT2D eigenvalue weighted by Crippen LogP contribution is 2.31. The number of amides is 3. The molecule has 0 radical (unpaired) electrons. The number of likely N-dealkylation sites (N-methyl/N-ethyl adjacent to an activating group) is 1. The predicted octanol–water partition coefficient (Wildman–Crippen LogP) is 2.70. The maximum atomic E-state index is 14.1. The molecule has 13 heteroatoms. The van der Waals surface area contributed by atoms with Gasteiger partial charge in [-0.15, -0.1) is 0 Å². The third-order valence-electron chi connectivity index (χ3n) is 5.71. The fourth-order valence-electron chi connectivity index (χ4n) is 3.58. The molecular formula is C22H29F3N6O3S. The van der Waals surface area contributed by atoms with Gasteiger partial charge in [-0.05, 0) is 56.5 Å². The van der Waals surface area contributed by atoms with E-state index in [9.17, 15) is 22.8 Å². The van der Waals surface area contributed by atoms with Gasteiger partial charge in [0.15, 0.2) is 11.6 Å². The van der Waals surface area contributed by atoms with Crippen LogP contribution in [0, 0.1) is 24.4 Å². The van der Waals surface area contributed by atoms with Crippen molar-refractivity contribution in [2.45, 2.75) is 26.4 Å². The number of unbranched alkanes of at least 4 members (excludes halogenated alkanes) is 1. The zero-order valence-corrected chi connectivity index (χ0v) is 20.4. The summed E-state index contributed by atoms with van der Waals surface area (Å²) in [6.07, 6.45) is 1.71. The number of rotatable bonds is 10. The van der Waals surface area contributed by atoms with Gasteiger partial charge in [0.05, 0.1) is 5.56 Å². The number of primary amides is 1. The summed E-state index contributed by atoms with van der Waals surface area (Å²) in [6, 6.07) is 0.287. The summed E-state index contributed by atoms with van der Waals surface area (Å²) in [5.41, 5.74) is 4.31. The van der Waals surface area contributed by atoms with Crippen molar-refractivity contribution in [3.63, 3.8) is 0 Å². The molecule has 0 saturated carbocycles. The molecule has 0 spiro atoms. The number of urea groups is 1. The lowest BCUT2D eigenvalue weighted by Crippen LogP contribution is -2.44. The van der Waals surface area contributed by atoms with E-state index in [1.54, 1.807) is 0 Å². The Morgan fingerprint density at radius 2 is 1.89 bits per heavy atom. The van der Waals surface area contributed by atoms with Crippen molar-refractivity contribution in [2.24, 2.45) is 5.73 Å². The Kier molecular flexibility index (Phi) is 9.29. The van der Waals surface area contributed by atoms with Gasteiger partial charge in [0.1, 0.15) is 23.0 Å². The standard InChI is InChI=1S/C22H29F3N6O3S/c1-13-11-15(23)14(18(25)17(13)24)12-34-20-16(19(26)32)21(35-29-20)28-22(33)27-5-3-4-6-31-9-7-30(2)8-10-31/h11H,3-10,12H2,1-2H3,(H2,26,32)(H2,27,28,33). The van der Waals surface area contributed by atoms with E-state index in [-0.39, 0.29) is 22.0 Å². The monoisotopic (exact) mass is 514 g/mol. The zero-order chi connectivity index (χ0) is 25.5. The molecule has 1 aliphatic rings. The molecule has 9 nitrogen and oxygen atoms in total. The molecular weight excluding hydrogens is 485 g/mol. The summed E-state index contributed by atoms with van der Waals surface area (Å²) in [5.74, 6) is -4.84. The molecule has 0 atom stereocenters. The van der Waals surface area contributed by atoms with E-state index in [1.165, 1.54) is 6.92 Å². The van der Waals surface area contributed by atoms with Crippen LogP contribution in [0.4, 0.5) is 23.0 Å². The van der Waals surface area contributed by atoms with Crippen LogP contribution >= 0.6 is 11.5 Å². The highest BCUT2D eigenvalue weighted by atomic mass is 32.1.